The Bertz CT molecular complexity index is 304. The molecule has 0 aromatic heterocycles. The molecule has 1 aliphatic heterocycles. The minimum atomic E-state index is -0.338. The third-order valence-electron chi connectivity index (χ3n) is 3.24. The third-order valence-corrected chi connectivity index (χ3v) is 3.24. The number of amides is 2. The quantitative estimate of drug-likeness (QED) is 0.781. The lowest BCUT2D eigenvalue weighted by atomic mass is 10.00. The molecule has 0 radical (unpaired) electrons. The van der Waals surface area contributed by atoms with E-state index in [0.717, 1.165) is 25.9 Å². The number of nitrogens with zero attached hydrogens (tertiary/aromatic N) is 2. The van der Waals surface area contributed by atoms with Crippen LogP contribution in [0.4, 0.5) is 0 Å². The Morgan fingerprint density at radius 1 is 1.28 bits per heavy atom. The van der Waals surface area contributed by atoms with E-state index in [9.17, 15) is 9.59 Å². The highest BCUT2D eigenvalue weighted by atomic mass is 16.2. The van der Waals surface area contributed by atoms with Gasteiger partial charge in [0.2, 0.25) is 11.8 Å². The van der Waals surface area contributed by atoms with Gasteiger partial charge in [-0.25, -0.2) is 0 Å². The molecule has 0 spiro atoms. The Labute approximate surface area is 109 Å². The van der Waals surface area contributed by atoms with Crippen LogP contribution >= 0.6 is 0 Å². The highest BCUT2D eigenvalue weighted by Gasteiger charge is 2.22. The van der Waals surface area contributed by atoms with Crippen molar-refractivity contribution in [2.45, 2.75) is 45.1 Å². The molecule has 0 atom stereocenters. The van der Waals surface area contributed by atoms with Gasteiger partial charge in [0, 0.05) is 32.1 Å². The van der Waals surface area contributed by atoms with E-state index in [-0.39, 0.29) is 23.9 Å². The Hall–Kier alpha value is -1.10. The maximum absolute atomic E-state index is 11.9. The van der Waals surface area contributed by atoms with Gasteiger partial charge in [0.05, 0.1) is 6.54 Å². The second-order valence-corrected chi connectivity index (χ2v) is 5.83. The van der Waals surface area contributed by atoms with Gasteiger partial charge in [-0.1, -0.05) is 0 Å². The van der Waals surface area contributed by atoms with E-state index in [1.807, 2.05) is 18.7 Å². The van der Waals surface area contributed by atoms with Crippen molar-refractivity contribution in [2.24, 2.45) is 5.73 Å². The summed E-state index contributed by atoms with van der Waals surface area (Å²) in [4.78, 5) is 27.0. The number of rotatable bonds is 5. The number of nitrogens with two attached hydrogens (primary N) is 1. The van der Waals surface area contributed by atoms with Crippen molar-refractivity contribution in [3.8, 4) is 0 Å². The molecular formula is C13H25N3O2. The first-order chi connectivity index (χ1) is 8.29. The minimum absolute atomic E-state index is 0.0129. The van der Waals surface area contributed by atoms with Crippen LogP contribution in [0.15, 0.2) is 0 Å². The third kappa shape index (κ3) is 5.04. The van der Waals surface area contributed by atoms with Crippen molar-refractivity contribution >= 4 is 11.8 Å². The molecule has 1 rings (SSSR count). The lowest BCUT2D eigenvalue weighted by Gasteiger charge is -2.23. The van der Waals surface area contributed by atoms with Gasteiger partial charge in [-0.15, -0.1) is 0 Å². The fourth-order valence-corrected chi connectivity index (χ4v) is 1.98. The van der Waals surface area contributed by atoms with Crippen LogP contribution in [0.3, 0.4) is 0 Å². The molecule has 5 heteroatoms. The summed E-state index contributed by atoms with van der Waals surface area (Å²) in [7, 11) is 1.68. The van der Waals surface area contributed by atoms with Crippen molar-refractivity contribution in [1.82, 2.24) is 9.80 Å². The van der Waals surface area contributed by atoms with Crippen molar-refractivity contribution in [2.75, 3.05) is 26.7 Å². The van der Waals surface area contributed by atoms with E-state index in [0.29, 0.717) is 12.8 Å². The number of hydrogen-bond acceptors (Lipinski definition) is 3. The Kier molecular flexibility index (Phi) is 5.14. The van der Waals surface area contributed by atoms with Crippen LogP contribution in [0.5, 0.6) is 0 Å². The molecule has 0 aromatic carbocycles. The molecule has 1 aliphatic rings. The molecule has 0 aromatic rings. The van der Waals surface area contributed by atoms with Crippen molar-refractivity contribution < 1.29 is 9.59 Å². The summed E-state index contributed by atoms with van der Waals surface area (Å²) in [5, 5.41) is 0. The highest BCUT2D eigenvalue weighted by molar-refractivity contribution is 5.84. The van der Waals surface area contributed by atoms with Crippen molar-refractivity contribution in [3.05, 3.63) is 0 Å². The summed E-state index contributed by atoms with van der Waals surface area (Å²) in [5.41, 5.74) is 5.50. The number of carbonyl (C=O) groups excluding carboxylic acids is 2. The predicted octanol–water partition coefficient (Wildman–Crippen LogP) is 0.585. The molecule has 0 unspecified atom stereocenters. The molecule has 18 heavy (non-hydrogen) atoms. The number of hydrogen-bond donors (Lipinski definition) is 1. The highest BCUT2D eigenvalue weighted by Crippen LogP contribution is 2.10. The predicted molar refractivity (Wildman–Crippen MR) is 71.0 cm³/mol. The summed E-state index contributed by atoms with van der Waals surface area (Å²) in [6.07, 6.45) is 3.18. The van der Waals surface area contributed by atoms with Gasteiger partial charge >= 0.3 is 0 Å². The van der Waals surface area contributed by atoms with Gasteiger partial charge in [-0.3, -0.25) is 9.59 Å². The molecule has 0 bridgehead atoms. The van der Waals surface area contributed by atoms with Gasteiger partial charge < -0.3 is 15.5 Å². The second-order valence-electron chi connectivity index (χ2n) is 5.83. The van der Waals surface area contributed by atoms with Crippen LogP contribution < -0.4 is 5.73 Å². The zero-order valence-electron chi connectivity index (χ0n) is 11.7. The molecule has 0 saturated carbocycles. The van der Waals surface area contributed by atoms with Gasteiger partial charge in [0.1, 0.15) is 0 Å². The summed E-state index contributed by atoms with van der Waals surface area (Å²) in [6, 6.07) is 0. The first kappa shape index (κ1) is 15.0. The summed E-state index contributed by atoms with van der Waals surface area (Å²) < 4.78 is 0. The van der Waals surface area contributed by atoms with E-state index in [2.05, 4.69) is 0 Å². The molecule has 2 amide bonds. The largest absolute Gasteiger partial charge is 0.341 e. The lowest BCUT2D eigenvalue weighted by molar-refractivity contribution is -0.138. The average Bonchev–Trinajstić information content (AvgIpc) is 2.77. The first-order valence-electron chi connectivity index (χ1n) is 6.60. The minimum Gasteiger partial charge on any atom is -0.341 e. The fourth-order valence-electron chi connectivity index (χ4n) is 1.98. The van der Waals surface area contributed by atoms with Crippen molar-refractivity contribution in [1.29, 1.82) is 0 Å². The maximum Gasteiger partial charge on any atom is 0.242 e. The van der Waals surface area contributed by atoms with Crippen LogP contribution in [0.2, 0.25) is 0 Å². The van der Waals surface area contributed by atoms with Crippen molar-refractivity contribution in [3.63, 3.8) is 0 Å². The zero-order chi connectivity index (χ0) is 13.8. The maximum atomic E-state index is 11.9. The van der Waals surface area contributed by atoms with Gasteiger partial charge in [0.15, 0.2) is 0 Å². The van der Waals surface area contributed by atoms with Crippen LogP contribution in [0.25, 0.3) is 0 Å². The van der Waals surface area contributed by atoms with Crippen LogP contribution in [-0.2, 0) is 9.59 Å². The summed E-state index contributed by atoms with van der Waals surface area (Å²) in [6.45, 7) is 5.64. The topological polar surface area (TPSA) is 66.6 Å². The van der Waals surface area contributed by atoms with Crippen LogP contribution in [0, 0.1) is 0 Å². The molecule has 104 valence electrons. The van der Waals surface area contributed by atoms with E-state index in [1.165, 1.54) is 4.90 Å². The second kappa shape index (κ2) is 6.18. The van der Waals surface area contributed by atoms with Crippen LogP contribution in [-0.4, -0.2) is 53.8 Å². The van der Waals surface area contributed by atoms with Crippen LogP contribution in [0.1, 0.15) is 39.5 Å². The Morgan fingerprint density at radius 2 is 1.83 bits per heavy atom. The fraction of sp³-hybridized carbons (Fsp3) is 0.846. The molecule has 2 N–H and O–H groups in total. The van der Waals surface area contributed by atoms with E-state index >= 15 is 0 Å². The number of likely N-dealkylation sites (tertiary alicyclic amines) is 1. The number of carbonyl (C=O) groups is 2. The lowest BCUT2D eigenvalue weighted by Crippen LogP contribution is -2.41. The molecule has 1 fully saturated rings. The summed E-state index contributed by atoms with van der Waals surface area (Å²) in [5.74, 6) is 0.0384. The first-order valence-corrected chi connectivity index (χ1v) is 6.60. The molecular weight excluding hydrogens is 230 g/mol. The standard InChI is InChI=1S/C13H25N3O2/c1-13(2,14)7-6-11(17)15(3)10-12(18)16-8-4-5-9-16/h4-10,14H2,1-3H3. The molecule has 0 aliphatic carbocycles. The van der Waals surface area contributed by atoms with Gasteiger partial charge in [-0.05, 0) is 33.1 Å². The number of likely N-dealkylation sites (N-methyl/N-ethyl adjacent to an activating group) is 1. The smallest absolute Gasteiger partial charge is 0.242 e. The monoisotopic (exact) mass is 255 g/mol. The van der Waals surface area contributed by atoms with Gasteiger partial charge in [-0.2, -0.15) is 0 Å². The molecule has 5 nitrogen and oxygen atoms in total. The average molecular weight is 255 g/mol. The SMILES string of the molecule is CN(CC(=O)N1CCCC1)C(=O)CCC(C)(C)N. The van der Waals surface area contributed by atoms with Gasteiger partial charge in [0.25, 0.3) is 0 Å². The summed E-state index contributed by atoms with van der Waals surface area (Å²) >= 11 is 0. The van der Waals surface area contributed by atoms with E-state index in [4.69, 9.17) is 5.73 Å². The zero-order valence-corrected chi connectivity index (χ0v) is 11.7. The normalized spacial score (nSPS) is 15.9. The van der Waals surface area contributed by atoms with E-state index in [1.54, 1.807) is 7.05 Å². The van der Waals surface area contributed by atoms with E-state index < -0.39 is 0 Å². The molecule has 1 saturated heterocycles. The Balaban J connectivity index is 2.32. The molecule has 1 heterocycles. The Morgan fingerprint density at radius 3 is 2.33 bits per heavy atom.